The second-order valence-corrected chi connectivity index (χ2v) is 5.74. The highest BCUT2D eigenvalue weighted by Gasteiger charge is 2.13. The van der Waals surface area contributed by atoms with Gasteiger partial charge in [-0.3, -0.25) is 9.78 Å². The predicted molar refractivity (Wildman–Crippen MR) is 80.7 cm³/mol. The van der Waals surface area contributed by atoms with Crippen LogP contribution in [0.4, 0.5) is 0 Å². The second-order valence-electron chi connectivity index (χ2n) is 3.91. The van der Waals surface area contributed by atoms with Crippen LogP contribution in [0.3, 0.4) is 0 Å². The van der Waals surface area contributed by atoms with Gasteiger partial charge in [0.1, 0.15) is 5.75 Å². The Morgan fingerprint density at radius 2 is 1.95 bits per heavy atom. The molecule has 1 aromatic carbocycles. The molecule has 0 aliphatic rings. The number of halogens is 2. The average molecular weight is 385 g/mol. The first-order chi connectivity index (χ1) is 9.10. The molecule has 1 aromatic heterocycles. The molecular formula is C14H11Br2NO2. The van der Waals surface area contributed by atoms with Gasteiger partial charge in [-0.05, 0) is 46.3 Å². The highest BCUT2D eigenvalue weighted by Crippen LogP contribution is 2.24. The van der Waals surface area contributed by atoms with Gasteiger partial charge in [-0.25, -0.2) is 0 Å². The number of hydrogen-bond donors (Lipinski definition) is 0. The smallest absolute Gasteiger partial charge is 0.172 e. The van der Waals surface area contributed by atoms with E-state index in [0.29, 0.717) is 11.3 Å². The van der Waals surface area contributed by atoms with Crippen molar-refractivity contribution in [3.8, 4) is 5.75 Å². The highest BCUT2D eigenvalue weighted by molar-refractivity contribution is 9.10. The Hall–Kier alpha value is -1.20. The summed E-state index contributed by atoms with van der Waals surface area (Å²) in [4.78, 5) is 16.4. The first-order valence-corrected chi connectivity index (χ1v) is 7.16. The number of Topliss-reactive ketones (excluding diaryl/α,β-unsaturated/α-hetero) is 1. The minimum Gasteiger partial charge on any atom is -0.496 e. The molecule has 0 bridgehead atoms. The van der Waals surface area contributed by atoms with E-state index in [1.165, 1.54) is 0 Å². The lowest BCUT2D eigenvalue weighted by Gasteiger charge is -2.08. The van der Waals surface area contributed by atoms with E-state index >= 15 is 0 Å². The van der Waals surface area contributed by atoms with Gasteiger partial charge >= 0.3 is 0 Å². The van der Waals surface area contributed by atoms with Crippen molar-refractivity contribution < 1.29 is 9.53 Å². The maximum atomic E-state index is 12.2. The summed E-state index contributed by atoms with van der Waals surface area (Å²) >= 11 is 6.67. The number of nitrogens with zero attached hydrogens (tertiary/aromatic N) is 1. The van der Waals surface area contributed by atoms with Crippen molar-refractivity contribution in [2.45, 2.75) is 6.42 Å². The molecule has 0 radical (unpaired) electrons. The third-order valence-electron chi connectivity index (χ3n) is 2.59. The van der Waals surface area contributed by atoms with Crippen LogP contribution < -0.4 is 4.74 Å². The van der Waals surface area contributed by atoms with E-state index < -0.39 is 0 Å². The molecule has 0 fully saturated rings. The number of hydrogen-bond acceptors (Lipinski definition) is 3. The summed E-state index contributed by atoms with van der Waals surface area (Å²) in [6.07, 6.45) is 1.94. The average Bonchev–Trinajstić information content (AvgIpc) is 2.41. The van der Waals surface area contributed by atoms with Gasteiger partial charge in [-0.2, -0.15) is 0 Å². The van der Waals surface area contributed by atoms with Crippen LogP contribution in [0.5, 0.6) is 5.75 Å². The number of ether oxygens (including phenoxy) is 1. The van der Waals surface area contributed by atoms with Crippen molar-refractivity contribution in [3.63, 3.8) is 0 Å². The molecule has 0 saturated heterocycles. The van der Waals surface area contributed by atoms with Gasteiger partial charge in [-0.15, -0.1) is 0 Å². The first kappa shape index (κ1) is 14.2. The molecule has 0 unspecified atom stereocenters. The lowest BCUT2D eigenvalue weighted by Crippen LogP contribution is -2.07. The third-order valence-corrected chi connectivity index (χ3v) is 3.56. The van der Waals surface area contributed by atoms with Gasteiger partial charge in [0.15, 0.2) is 5.78 Å². The Morgan fingerprint density at radius 3 is 2.58 bits per heavy atom. The van der Waals surface area contributed by atoms with E-state index in [1.807, 2.05) is 18.2 Å². The lowest BCUT2D eigenvalue weighted by molar-refractivity contribution is 0.0989. The topological polar surface area (TPSA) is 39.2 Å². The van der Waals surface area contributed by atoms with Gasteiger partial charge in [0, 0.05) is 20.8 Å². The van der Waals surface area contributed by atoms with Crippen LogP contribution >= 0.6 is 31.9 Å². The number of benzene rings is 1. The standard InChI is InChI=1S/C14H11Br2NO2/c1-19-14-6-9(15)3-5-12(14)13(18)7-11-4-2-10(16)8-17-11/h2-6,8H,7H2,1H3. The Bertz CT molecular complexity index is 597. The molecule has 0 aliphatic heterocycles. The summed E-state index contributed by atoms with van der Waals surface area (Å²) in [5.41, 5.74) is 1.30. The van der Waals surface area contributed by atoms with Crippen LogP contribution in [0.15, 0.2) is 45.5 Å². The van der Waals surface area contributed by atoms with Crippen molar-refractivity contribution in [1.29, 1.82) is 0 Å². The Morgan fingerprint density at radius 1 is 1.21 bits per heavy atom. The zero-order chi connectivity index (χ0) is 13.8. The van der Waals surface area contributed by atoms with E-state index in [0.717, 1.165) is 14.6 Å². The summed E-state index contributed by atoms with van der Waals surface area (Å²) in [6, 6.07) is 9.05. The van der Waals surface area contributed by atoms with Crippen LogP contribution in [0, 0.1) is 0 Å². The monoisotopic (exact) mass is 383 g/mol. The van der Waals surface area contributed by atoms with Gasteiger partial charge in [-0.1, -0.05) is 15.9 Å². The van der Waals surface area contributed by atoms with Crippen LogP contribution in [0.2, 0.25) is 0 Å². The van der Waals surface area contributed by atoms with Crippen LogP contribution in [-0.2, 0) is 6.42 Å². The maximum absolute atomic E-state index is 12.2. The highest BCUT2D eigenvalue weighted by atomic mass is 79.9. The quantitative estimate of drug-likeness (QED) is 0.746. The number of aromatic nitrogens is 1. The van der Waals surface area contributed by atoms with Gasteiger partial charge in [0.2, 0.25) is 0 Å². The number of pyridine rings is 1. The van der Waals surface area contributed by atoms with Crippen molar-refractivity contribution in [3.05, 3.63) is 56.7 Å². The normalized spacial score (nSPS) is 10.3. The summed E-state index contributed by atoms with van der Waals surface area (Å²) in [5, 5.41) is 0. The van der Waals surface area contributed by atoms with E-state index in [9.17, 15) is 4.79 Å². The van der Waals surface area contributed by atoms with Gasteiger partial charge < -0.3 is 4.74 Å². The molecule has 0 spiro atoms. The summed E-state index contributed by atoms with van der Waals surface area (Å²) in [6.45, 7) is 0. The molecule has 98 valence electrons. The Balaban J connectivity index is 2.22. The largest absolute Gasteiger partial charge is 0.496 e. The molecule has 19 heavy (non-hydrogen) atoms. The van der Waals surface area contributed by atoms with Crippen molar-refractivity contribution in [1.82, 2.24) is 4.98 Å². The van der Waals surface area contributed by atoms with Crippen LogP contribution in [-0.4, -0.2) is 17.9 Å². The van der Waals surface area contributed by atoms with E-state index in [1.54, 1.807) is 25.4 Å². The molecule has 2 aromatic rings. The number of ketones is 1. The second kappa shape index (κ2) is 6.30. The molecule has 2 rings (SSSR count). The molecule has 0 amide bonds. The number of rotatable bonds is 4. The van der Waals surface area contributed by atoms with Crippen molar-refractivity contribution in [2.75, 3.05) is 7.11 Å². The fourth-order valence-corrected chi connectivity index (χ4v) is 2.24. The zero-order valence-electron chi connectivity index (χ0n) is 10.2. The number of methoxy groups -OCH3 is 1. The maximum Gasteiger partial charge on any atom is 0.172 e. The van der Waals surface area contributed by atoms with E-state index in [2.05, 4.69) is 36.8 Å². The molecule has 0 aliphatic carbocycles. The minimum atomic E-state index is -0.0147. The molecule has 0 atom stereocenters. The lowest BCUT2D eigenvalue weighted by atomic mass is 10.1. The first-order valence-electron chi connectivity index (χ1n) is 5.57. The molecule has 5 heteroatoms. The predicted octanol–water partition coefficient (Wildman–Crippen LogP) is 4.04. The fourth-order valence-electron chi connectivity index (χ4n) is 1.67. The number of carbonyl (C=O) groups excluding carboxylic acids is 1. The fraction of sp³-hybridized carbons (Fsp3) is 0.143. The van der Waals surface area contributed by atoms with Gasteiger partial charge in [0.05, 0.1) is 19.1 Å². The van der Waals surface area contributed by atoms with Crippen molar-refractivity contribution >= 4 is 37.6 Å². The van der Waals surface area contributed by atoms with Crippen LogP contribution in [0.1, 0.15) is 16.1 Å². The Labute approximate surface area is 128 Å². The minimum absolute atomic E-state index is 0.0147. The molecular weight excluding hydrogens is 374 g/mol. The number of carbonyl (C=O) groups is 1. The summed E-state index contributed by atoms with van der Waals surface area (Å²) < 4.78 is 7.00. The third kappa shape index (κ3) is 3.64. The molecule has 0 N–H and O–H groups in total. The zero-order valence-corrected chi connectivity index (χ0v) is 13.4. The van der Waals surface area contributed by atoms with E-state index in [-0.39, 0.29) is 12.2 Å². The molecule has 1 heterocycles. The summed E-state index contributed by atoms with van der Waals surface area (Å²) in [7, 11) is 1.55. The SMILES string of the molecule is COc1cc(Br)ccc1C(=O)Cc1ccc(Br)cn1. The van der Waals surface area contributed by atoms with Crippen LogP contribution in [0.25, 0.3) is 0 Å². The Kier molecular flexibility index (Phi) is 4.71. The van der Waals surface area contributed by atoms with E-state index in [4.69, 9.17) is 4.74 Å². The molecule has 3 nitrogen and oxygen atoms in total. The van der Waals surface area contributed by atoms with Crippen molar-refractivity contribution in [2.24, 2.45) is 0 Å². The van der Waals surface area contributed by atoms with Gasteiger partial charge in [0.25, 0.3) is 0 Å². The summed E-state index contributed by atoms with van der Waals surface area (Å²) in [5.74, 6) is 0.552. The molecule has 0 saturated carbocycles.